The summed E-state index contributed by atoms with van der Waals surface area (Å²) in [7, 11) is 1.59. The van der Waals surface area contributed by atoms with Gasteiger partial charge in [0, 0.05) is 36.3 Å². The number of carbonyl (C=O) groups excluding carboxylic acids is 1. The number of ether oxygens (including phenoxy) is 1. The Balaban J connectivity index is 1.62. The minimum Gasteiger partial charge on any atom is -0.496 e. The molecular formula is C19H16F2N4O2. The molecule has 0 aliphatic heterocycles. The second-order valence-corrected chi connectivity index (χ2v) is 5.54. The lowest BCUT2D eigenvalue weighted by atomic mass is 10.2. The number of carbonyl (C=O) groups is 1. The minimum atomic E-state index is -1.04. The lowest BCUT2D eigenvalue weighted by Gasteiger charge is -2.09. The summed E-state index contributed by atoms with van der Waals surface area (Å²) in [6.45, 7) is 0.449. The van der Waals surface area contributed by atoms with Gasteiger partial charge in [-0.1, -0.05) is 18.2 Å². The molecule has 1 amide bonds. The van der Waals surface area contributed by atoms with Gasteiger partial charge >= 0.3 is 0 Å². The van der Waals surface area contributed by atoms with E-state index in [0.29, 0.717) is 12.5 Å². The molecule has 0 unspecified atom stereocenters. The van der Waals surface area contributed by atoms with Crippen molar-refractivity contribution in [3.63, 3.8) is 0 Å². The number of halogens is 2. The van der Waals surface area contributed by atoms with Gasteiger partial charge in [-0.3, -0.25) is 4.79 Å². The third kappa shape index (κ3) is 4.55. The van der Waals surface area contributed by atoms with Gasteiger partial charge in [0.15, 0.2) is 11.6 Å². The van der Waals surface area contributed by atoms with Gasteiger partial charge in [-0.2, -0.15) is 0 Å². The first-order chi connectivity index (χ1) is 13.1. The zero-order chi connectivity index (χ0) is 19.2. The van der Waals surface area contributed by atoms with E-state index in [-0.39, 0.29) is 11.3 Å². The number of nitrogens with one attached hydrogen (secondary N) is 2. The zero-order valence-electron chi connectivity index (χ0n) is 14.4. The van der Waals surface area contributed by atoms with Gasteiger partial charge in [0.1, 0.15) is 5.75 Å². The van der Waals surface area contributed by atoms with Crippen molar-refractivity contribution in [3.05, 3.63) is 77.6 Å². The molecule has 0 saturated heterocycles. The number of methoxy groups -OCH3 is 1. The second kappa shape index (κ2) is 8.22. The number of anilines is 2. The van der Waals surface area contributed by atoms with E-state index in [2.05, 4.69) is 20.6 Å². The van der Waals surface area contributed by atoms with Crippen LogP contribution in [0.4, 0.5) is 20.4 Å². The standard InChI is InChI=1S/C19H16F2N4O2/c1-27-17-5-3-2-4-12(17)9-22-19-23-10-13(11-24-19)18(26)25-14-6-7-15(20)16(21)8-14/h2-8,10-11H,9H2,1H3,(H,25,26)(H,22,23,24). The molecule has 3 aromatic rings. The number of hydrogen-bond acceptors (Lipinski definition) is 5. The summed E-state index contributed by atoms with van der Waals surface area (Å²) < 4.78 is 31.4. The Kier molecular flexibility index (Phi) is 5.55. The molecular weight excluding hydrogens is 354 g/mol. The first kappa shape index (κ1) is 18.2. The van der Waals surface area contributed by atoms with E-state index in [9.17, 15) is 13.6 Å². The Morgan fingerprint density at radius 1 is 1.07 bits per heavy atom. The smallest absolute Gasteiger partial charge is 0.258 e. The number of nitrogens with zero attached hydrogens (tertiary/aromatic N) is 2. The van der Waals surface area contributed by atoms with Crippen LogP contribution < -0.4 is 15.4 Å². The van der Waals surface area contributed by atoms with Crippen molar-refractivity contribution < 1.29 is 18.3 Å². The maximum Gasteiger partial charge on any atom is 0.258 e. The number of aromatic nitrogens is 2. The van der Waals surface area contributed by atoms with Crippen molar-refractivity contribution in [2.24, 2.45) is 0 Å². The molecule has 0 fully saturated rings. The fraction of sp³-hybridized carbons (Fsp3) is 0.105. The molecule has 0 saturated carbocycles. The van der Waals surface area contributed by atoms with E-state index in [1.807, 2.05) is 24.3 Å². The first-order valence-corrected chi connectivity index (χ1v) is 8.01. The molecule has 6 nitrogen and oxygen atoms in total. The zero-order valence-corrected chi connectivity index (χ0v) is 14.4. The molecule has 0 radical (unpaired) electrons. The largest absolute Gasteiger partial charge is 0.496 e. The number of para-hydroxylation sites is 1. The SMILES string of the molecule is COc1ccccc1CNc1ncc(C(=O)Nc2ccc(F)c(F)c2)cn1. The monoisotopic (exact) mass is 370 g/mol. The predicted molar refractivity (Wildman–Crippen MR) is 96.7 cm³/mol. The van der Waals surface area contributed by atoms with Crippen molar-refractivity contribution in [1.82, 2.24) is 9.97 Å². The molecule has 3 rings (SSSR count). The highest BCUT2D eigenvalue weighted by atomic mass is 19.2. The van der Waals surface area contributed by atoms with Gasteiger partial charge in [-0.05, 0) is 18.2 Å². The molecule has 0 bridgehead atoms. The number of amides is 1. The van der Waals surface area contributed by atoms with Crippen LogP contribution in [-0.4, -0.2) is 23.0 Å². The lowest BCUT2D eigenvalue weighted by Crippen LogP contribution is -2.14. The summed E-state index contributed by atoms with van der Waals surface area (Å²) in [5, 5.41) is 5.50. The molecule has 0 spiro atoms. The average Bonchev–Trinajstić information content (AvgIpc) is 2.69. The Morgan fingerprint density at radius 2 is 1.81 bits per heavy atom. The van der Waals surface area contributed by atoms with Crippen molar-refractivity contribution >= 4 is 17.5 Å². The molecule has 1 heterocycles. The van der Waals surface area contributed by atoms with E-state index in [4.69, 9.17) is 4.74 Å². The first-order valence-electron chi connectivity index (χ1n) is 8.01. The minimum absolute atomic E-state index is 0.136. The van der Waals surface area contributed by atoms with Crippen molar-refractivity contribution in [2.45, 2.75) is 6.54 Å². The summed E-state index contributed by atoms with van der Waals surface area (Å²) >= 11 is 0. The quantitative estimate of drug-likeness (QED) is 0.693. The van der Waals surface area contributed by atoms with Crippen LogP contribution in [0.25, 0.3) is 0 Å². The molecule has 0 aliphatic carbocycles. The van der Waals surface area contributed by atoms with E-state index in [1.165, 1.54) is 18.5 Å². The van der Waals surface area contributed by atoms with Crippen LogP contribution in [0.2, 0.25) is 0 Å². The summed E-state index contributed by atoms with van der Waals surface area (Å²) in [5.74, 6) is -1.48. The van der Waals surface area contributed by atoms with E-state index in [1.54, 1.807) is 7.11 Å². The maximum absolute atomic E-state index is 13.2. The Labute approximate surface area is 154 Å². The van der Waals surface area contributed by atoms with Crippen LogP contribution in [0, 0.1) is 11.6 Å². The Morgan fingerprint density at radius 3 is 2.52 bits per heavy atom. The molecule has 2 N–H and O–H groups in total. The molecule has 27 heavy (non-hydrogen) atoms. The van der Waals surface area contributed by atoms with Gasteiger partial charge in [-0.25, -0.2) is 18.7 Å². The van der Waals surface area contributed by atoms with Crippen LogP contribution >= 0.6 is 0 Å². The lowest BCUT2D eigenvalue weighted by molar-refractivity contribution is 0.102. The topological polar surface area (TPSA) is 76.1 Å². The van der Waals surface area contributed by atoms with Crippen LogP contribution in [0.3, 0.4) is 0 Å². The highest BCUT2D eigenvalue weighted by molar-refractivity contribution is 6.03. The second-order valence-electron chi connectivity index (χ2n) is 5.54. The van der Waals surface area contributed by atoms with Crippen LogP contribution in [0.5, 0.6) is 5.75 Å². The van der Waals surface area contributed by atoms with Gasteiger partial charge < -0.3 is 15.4 Å². The number of hydrogen-bond donors (Lipinski definition) is 2. The van der Waals surface area contributed by atoms with E-state index < -0.39 is 17.5 Å². The van der Waals surface area contributed by atoms with Gasteiger partial charge in [0.25, 0.3) is 5.91 Å². The van der Waals surface area contributed by atoms with E-state index in [0.717, 1.165) is 23.4 Å². The fourth-order valence-electron chi connectivity index (χ4n) is 2.34. The highest BCUT2D eigenvalue weighted by Crippen LogP contribution is 2.18. The summed E-state index contributed by atoms with van der Waals surface area (Å²) in [4.78, 5) is 20.3. The third-order valence-electron chi connectivity index (χ3n) is 3.72. The van der Waals surface area contributed by atoms with Crippen LogP contribution in [-0.2, 0) is 6.54 Å². The van der Waals surface area contributed by atoms with Crippen LogP contribution in [0.15, 0.2) is 54.9 Å². The molecule has 138 valence electrons. The average molecular weight is 370 g/mol. The van der Waals surface area contributed by atoms with Crippen molar-refractivity contribution in [3.8, 4) is 5.75 Å². The third-order valence-corrected chi connectivity index (χ3v) is 3.72. The van der Waals surface area contributed by atoms with Gasteiger partial charge in [0.2, 0.25) is 5.95 Å². The summed E-state index contributed by atoms with van der Waals surface area (Å²) in [6, 6.07) is 10.6. The molecule has 0 atom stereocenters. The van der Waals surface area contributed by atoms with Crippen molar-refractivity contribution in [2.75, 3.05) is 17.7 Å². The highest BCUT2D eigenvalue weighted by Gasteiger charge is 2.10. The molecule has 2 aromatic carbocycles. The molecule has 8 heteroatoms. The van der Waals surface area contributed by atoms with Gasteiger partial charge in [0.05, 0.1) is 12.7 Å². The normalized spacial score (nSPS) is 10.3. The predicted octanol–water partition coefficient (Wildman–Crippen LogP) is 3.63. The maximum atomic E-state index is 13.2. The van der Waals surface area contributed by atoms with Crippen LogP contribution in [0.1, 0.15) is 15.9 Å². The molecule has 0 aliphatic rings. The summed E-state index contributed by atoms with van der Waals surface area (Å²) in [6.07, 6.45) is 2.68. The summed E-state index contributed by atoms with van der Waals surface area (Å²) in [5.41, 5.74) is 1.25. The van der Waals surface area contributed by atoms with E-state index >= 15 is 0 Å². The fourth-order valence-corrected chi connectivity index (χ4v) is 2.34. The van der Waals surface area contributed by atoms with Gasteiger partial charge in [-0.15, -0.1) is 0 Å². The number of benzene rings is 2. The Hall–Kier alpha value is -3.55. The Bertz CT molecular complexity index is 949. The number of rotatable bonds is 6. The molecule has 1 aromatic heterocycles. The van der Waals surface area contributed by atoms with Crippen molar-refractivity contribution in [1.29, 1.82) is 0 Å².